The van der Waals surface area contributed by atoms with Gasteiger partial charge >= 0.3 is 6.09 Å². The van der Waals surface area contributed by atoms with Gasteiger partial charge in [-0.3, -0.25) is 19.2 Å². The van der Waals surface area contributed by atoms with Gasteiger partial charge in [-0.15, -0.1) is 0 Å². The molecule has 0 heterocycles. The van der Waals surface area contributed by atoms with Crippen molar-refractivity contribution in [3.05, 3.63) is 35.9 Å². The highest BCUT2D eigenvalue weighted by atomic mass is 16.5. The second kappa shape index (κ2) is 13.0. The standard InChI is InChI=1S/C20H30N6O6/c1-11(19(30)26-15(8-16(23)27)17(28)14(22)9-21)24-18(29)12(2)25-20(31)32-10-13-6-4-3-5-7-13/h3-7,11-12,14-15H,8-10,21-22H2,1-2H3,(H2,23,27)(H,24,29)(H,25,31)(H,26,30)/t11-,12-,14?,15-/m0/s1. The Labute approximate surface area is 185 Å². The number of amides is 4. The monoisotopic (exact) mass is 450 g/mol. The number of primary amides is 1. The first-order chi connectivity index (χ1) is 15.0. The van der Waals surface area contributed by atoms with Gasteiger partial charge in [0.25, 0.3) is 0 Å². The minimum Gasteiger partial charge on any atom is -0.445 e. The summed E-state index contributed by atoms with van der Waals surface area (Å²) in [4.78, 5) is 59.9. The van der Waals surface area contributed by atoms with E-state index in [1.807, 2.05) is 6.07 Å². The van der Waals surface area contributed by atoms with E-state index < -0.39 is 60.2 Å². The van der Waals surface area contributed by atoms with Gasteiger partial charge in [0.15, 0.2) is 5.78 Å². The van der Waals surface area contributed by atoms with Crippen LogP contribution in [-0.4, -0.2) is 60.3 Å². The van der Waals surface area contributed by atoms with Crippen LogP contribution in [0.3, 0.4) is 0 Å². The Morgan fingerprint density at radius 1 is 0.938 bits per heavy atom. The topological polar surface area (TPSA) is 209 Å². The van der Waals surface area contributed by atoms with Crippen LogP contribution in [0.1, 0.15) is 25.8 Å². The molecule has 1 aromatic rings. The minimum atomic E-state index is -1.28. The van der Waals surface area contributed by atoms with Crippen molar-refractivity contribution in [1.82, 2.24) is 16.0 Å². The lowest BCUT2D eigenvalue weighted by Crippen LogP contribution is -2.57. The fourth-order valence-corrected chi connectivity index (χ4v) is 2.51. The molecule has 0 spiro atoms. The highest BCUT2D eigenvalue weighted by Gasteiger charge is 2.29. The highest BCUT2D eigenvalue weighted by molar-refractivity contribution is 5.97. The van der Waals surface area contributed by atoms with E-state index in [1.165, 1.54) is 13.8 Å². The average Bonchev–Trinajstić information content (AvgIpc) is 2.76. The van der Waals surface area contributed by atoms with Gasteiger partial charge < -0.3 is 37.9 Å². The predicted octanol–water partition coefficient (Wildman–Crippen LogP) is -1.98. The van der Waals surface area contributed by atoms with Crippen molar-refractivity contribution >= 4 is 29.6 Å². The number of Topliss-reactive ketones (excluding diaryl/α,β-unsaturated/α-hetero) is 1. The van der Waals surface area contributed by atoms with Crippen molar-refractivity contribution in [1.29, 1.82) is 0 Å². The number of alkyl carbamates (subject to hydrolysis) is 1. The summed E-state index contributed by atoms with van der Waals surface area (Å²) >= 11 is 0. The molecule has 1 rings (SSSR count). The summed E-state index contributed by atoms with van der Waals surface area (Å²) in [5.74, 6) is -2.90. The van der Waals surface area contributed by atoms with Crippen LogP contribution in [-0.2, 0) is 30.5 Å². The zero-order valence-electron chi connectivity index (χ0n) is 18.0. The number of carbonyl (C=O) groups excluding carboxylic acids is 5. The molecule has 4 amide bonds. The van der Waals surface area contributed by atoms with Crippen LogP contribution in [0.25, 0.3) is 0 Å². The van der Waals surface area contributed by atoms with Crippen molar-refractivity contribution in [2.45, 2.75) is 51.0 Å². The van der Waals surface area contributed by atoms with Gasteiger partial charge in [0.2, 0.25) is 17.7 Å². The van der Waals surface area contributed by atoms with Crippen LogP contribution in [0.5, 0.6) is 0 Å². The van der Waals surface area contributed by atoms with Gasteiger partial charge in [-0.05, 0) is 19.4 Å². The van der Waals surface area contributed by atoms with Gasteiger partial charge in [-0.25, -0.2) is 4.79 Å². The SMILES string of the molecule is C[C@H](NC(=O)OCc1ccccc1)C(=O)N[C@@H](C)C(=O)N[C@@H](CC(N)=O)C(=O)C(N)CN. The molecule has 0 aromatic heterocycles. The molecule has 9 N–H and O–H groups in total. The van der Waals surface area contributed by atoms with E-state index in [-0.39, 0.29) is 13.2 Å². The number of carbonyl (C=O) groups is 5. The summed E-state index contributed by atoms with van der Waals surface area (Å²) in [6, 6.07) is 4.50. The molecular weight excluding hydrogens is 420 g/mol. The summed E-state index contributed by atoms with van der Waals surface area (Å²) in [7, 11) is 0. The number of hydrogen-bond donors (Lipinski definition) is 6. The number of ether oxygens (including phenoxy) is 1. The number of nitrogens with two attached hydrogens (primary N) is 3. The summed E-state index contributed by atoms with van der Waals surface area (Å²) in [6.07, 6.45) is -1.28. The first kappa shape index (κ1) is 26.5. The van der Waals surface area contributed by atoms with Crippen LogP contribution in [0.2, 0.25) is 0 Å². The summed E-state index contributed by atoms with van der Waals surface area (Å²) < 4.78 is 5.04. The molecule has 1 aromatic carbocycles. The summed E-state index contributed by atoms with van der Waals surface area (Å²) in [5, 5.41) is 7.08. The fraction of sp³-hybridized carbons (Fsp3) is 0.450. The average molecular weight is 450 g/mol. The maximum Gasteiger partial charge on any atom is 0.408 e. The number of ketones is 1. The van der Waals surface area contributed by atoms with Gasteiger partial charge in [0, 0.05) is 6.54 Å². The van der Waals surface area contributed by atoms with Crippen LogP contribution >= 0.6 is 0 Å². The van der Waals surface area contributed by atoms with E-state index in [2.05, 4.69) is 16.0 Å². The molecule has 0 aliphatic carbocycles. The Morgan fingerprint density at radius 3 is 2.06 bits per heavy atom. The van der Waals surface area contributed by atoms with E-state index >= 15 is 0 Å². The first-order valence-electron chi connectivity index (χ1n) is 9.90. The summed E-state index contributed by atoms with van der Waals surface area (Å²) in [6.45, 7) is 2.62. The second-order valence-corrected chi connectivity index (χ2v) is 7.13. The van der Waals surface area contributed by atoms with E-state index in [9.17, 15) is 24.0 Å². The smallest absolute Gasteiger partial charge is 0.408 e. The molecule has 4 atom stereocenters. The largest absolute Gasteiger partial charge is 0.445 e. The lowest BCUT2D eigenvalue weighted by atomic mass is 10.0. The quantitative estimate of drug-likeness (QED) is 0.210. The van der Waals surface area contributed by atoms with Crippen LogP contribution in [0, 0.1) is 0 Å². The van der Waals surface area contributed by atoms with E-state index in [0.29, 0.717) is 0 Å². The summed E-state index contributed by atoms with van der Waals surface area (Å²) in [5.41, 5.74) is 16.8. The first-order valence-corrected chi connectivity index (χ1v) is 9.90. The third-order valence-electron chi connectivity index (χ3n) is 4.38. The third-order valence-corrected chi connectivity index (χ3v) is 4.38. The van der Waals surface area contributed by atoms with Crippen molar-refractivity contribution < 1.29 is 28.7 Å². The fourth-order valence-electron chi connectivity index (χ4n) is 2.51. The van der Waals surface area contributed by atoms with E-state index in [0.717, 1.165) is 5.56 Å². The van der Waals surface area contributed by atoms with Crippen molar-refractivity contribution in [2.75, 3.05) is 6.54 Å². The predicted molar refractivity (Wildman–Crippen MR) is 115 cm³/mol. The van der Waals surface area contributed by atoms with Crippen molar-refractivity contribution in [2.24, 2.45) is 17.2 Å². The Bertz CT molecular complexity index is 818. The van der Waals surface area contributed by atoms with Gasteiger partial charge in [-0.1, -0.05) is 30.3 Å². The number of benzene rings is 1. The Balaban J connectivity index is 2.56. The normalized spacial score (nSPS) is 14.2. The second-order valence-electron chi connectivity index (χ2n) is 7.13. The zero-order chi connectivity index (χ0) is 24.3. The number of nitrogens with one attached hydrogen (secondary N) is 3. The van der Waals surface area contributed by atoms with Crippen LogP contribution in [0.15, 0.2) is 30.3 Å². The van der Waals surface area contributed by atoms with Gasteiger partial charge in [0.1, 0.15) is 18.7 Å². The third kappa shape index (κ3) is 9.10. The zero-order valence-corrected chi connectivity index (χ0v) is 18.0. The molecule has 1 unspecified atom stereocenters. The molecule has 0 aliphatic rings. The van der Waals surface area contributed by atoms with Crippen LogP contribution in [0.4, 0.5) is 4.79 Å². The Kier molecular flexibility index (Phi) is 10.8. The molecule has 176 valence electrons. The molecule has 0 fully saturated rings. The van der Waals surface area contributed by atoms with Gasteiger partial charge in [-0.2, -0.15) is 0 Å². The molecule has 12 nitrogen and oxygen atoms in total. The Morgan fingerprint density at radius 2 is 1.50 bits per heavy atom. The molecule has 0 aliphatic heterocycles. The molecule has 0 saturated carbocycles. The Hall–Kier alpha value is -3.51. The molecular formula is C20H30N6O6. The maximum atomic E-state index is 12.4. The van der Waals surface area contributed by atoms with Crippen molar-refractivity contribution in [3.63, 3.8) is 0 Å². The molecule has 12 heteroatoms. The molecule has 0 saturated heterocycles. The van der Waals surface area contributed by atoms with Crippen LogP contribution < -0.4 is 33.2 Å². The number of rotatable bonds is 12. The molecule has 32 heavy (non-hydrogen) atoms. The van der Waals surface area contributed by atoms with E-state index in [1.54, 1.807) is 24.3 Å². The highest BCUT2D eigenvalue weighted by Crippen LogP contribution is 2.01. The van der Waals surface area contributed by atoms with Gasteiger partial charge in [0.05, 0.1) is 18.5 Å². The lowest BCUT2D eigenvalue weighted by molar-refractivity contribution is -0.133. The minimum absolute atomic E-state index is 0.0278. The van der Waals surface area contributed by atoms with E-state index in [4.69, 9.17) is 21.9 Å². The van der Waals surface area contributed by atoms with Crippen molar-refractivity contribution in [3.8, 4) is 0 Å². The maximum absolute atomic E-state index is 12.4. The molecule has 0 radical (unpaired) electrons. The lowest BCUT2D eigenvalue weighted by Gasteiger charge is -2.23. The molecule has 0 bridgehead atoms. The number of hydrogen-bond acceptors (Lipinski definition) is 8.